The van der Waals surface area contributed by atoms with Crippen molar-refractivity contribution in [3.63, 3.8) is 0 Å². The molecule has 3 atom stereocenters. The summed E-state index contributed by atoms with van der Waals surface area (Å²) in [5, 5.41) is 0. The second kappa shape index (κ2) is 2.67. The molecule has 0 saturated heterocycles. The second-order valence-corrected chi connectivity index (χ2v) is 3.25. The fourth-order valence-electron chi connectivity index (χ4n) is 1.45. The van der Waals surface area contributed by atoms with Crippen LogP contribution in [0, 0.1) is 5.92 Å². The Labute approximate surface area is 56.6 Å². The Morgan fingerprint density at radius 2 is 1.78 bits per heavy atom. The Balaban J connectivity index is 2.35. The third kappa shape index (κ3) is 1.66. The van der Waals surface area contributed by atoms with Gasteiger partial charge in [-0.15, -0.1) is 0 Å². The number of rotatable bonds is 0. The maximum atomic E-state index is 5.74. The van der Waals surface area contributed by atoms with E-state index in [1.807, 2.05) is 0 Å². The minimum Gasteiger partial charge on any atom is -0.326 e. The van der Waals surface area contributed by atoms with Gasteiger partial charge in [0.2, 0.25) is 0 Å². The molecule has 0 amide bonds. The molecule has 1 aliphatic carbocycles. The Bertz CT molecular complexity index is 92.9. The summed E-state index contributed by atoms with van der Waals surface area (Å²) < 4.78 is 0. The molecule has 1 saturated carbocycles. The third-order valence-corrected chi connectivity index (χ3v) is 2.22. The van der Waals surface area contributed by atoms with Crippen molar-refractivity contribution in [2.24, 2.45) is 17.4 Å². The predicted octanol–water partition coefficient (Wildman–Crippen LogP) is 0.461. The monoisotopic (exact) mass is 128 g/mol. The van der Waals surface area contributed by atoms with Crippen molar-refractivity contribution in [2.45, 2.75) is 38.3 Å². The quantitative estimate of drug-likeness (QED) is 0.498. The van der Waals surface area contributed by atoms with Crippen LogP contribution >= 0.6 is 0 Å². The van der Waals surface area contributed by atoms with Crippen LogP contribution in [0.3, 0.4) is 0 Å². The van der Waals surface area contributed by atoms with Gasteiger partial charge in [0.15, 0.2) is 0 Å². The van der Waals surface area contributed by atoms with Crippen molar-refractivity contribution in [1.82, 2.24) is 0 Å². The normalized spacial score (nSPS) is 45.0. The highest BCUT2D eigenvalue weighted by atomic mass is 14.8. The first-order chi connectivity index (χ1) is 4.20. The van der Waals surface area contributed by atoms with E-state index in [4.69, 9.17) is 11.5 Å². The Morgan fingerprint density at radius 3 is 2.22 bits per heavy atom. The van der Waals surface area contributed by atoms with Crippen molar-refractivity contribution in [2.75, 3.05) is 0 Å². The van der Waals surface area contributed by atoms with Gasteiger partial charge in [-0.1, -0.05) is 6.92 Å². The SMILES string of the molecule is C[C@@H]1CC[C@@H](N)C(N)C1. The van der Waals surface area contributed by atoms with Gasteiger partial charge in [0.1, 0.15) is 0 Å². The average Bonchev–Trinajstić information content (AvgIpc) is 1.80. The molecule has 0 radical (unpaired) electrons. The smallest absolute Gasteiger partial charge is 0.0194 e. The first-order valence-electron chi connectivity index (χ1n) is 3.71. The van der Waals surface area contributed by atoms with Gasteiger partial charge in [0.05, 0.1) is 0 Å². The lowest BCUT2D eigenvalue weighted by atomic mass is 9.84. The molecule has 0 aromatic rings. The van der Waals surface area contributed by atoms with Gasteiger partial charge in [-0.05, 0) is 25.2 Å². The molecule has 4 N–H and O–H groups in total. The van der Waals surface area contributed by atoms with E-state index in [0.29, 0.717) is 0 Å². The molecule has 0 heterocycles. The predicted molar refractivity (Wildman–Crippen MR) is 39.0 cm³/mol. The highest BCUT2D eigenvalue weighted by Crippen LogP contribution is 2.21. The maximum absolute atomic E-state index is 5.74. The topological polar surface area (TPSA) is 52.0 Å². The minimum absolute atomic E-state index is 0.258. The zero-order chi connectivity index (χ0) is 6.85. The van der Waals surface area contributed by atoms with Gasteiger partial charge in [-0.2, -0.15) is 0 Å². The standard InChI is InChI=1S/C7H16N2/c1-5-2-3-6(8)7(9)4-5/h5-7H,2-4,8-9H2,1H3/t5-,6-,7?/m1/s1. The summed E-state index contributed by atoms with van der Waals surface area (Å²) in [7, 11) is 0. The van der Waals surface area contributed by atoms with Crippen LogP contribution in [0.2, 0.25) is 0 Å². The van der Waals surface area contributed by atoms with Crippen LogP contribution in [0.5, 0.6) is 0 Å². The zero-order valence-electron chi connectivity index (χ0n) is 6.01. The molecule has 2 heteroatoms. The second-order valence-electron chi connectivity index (χ2n) is 3.25. The number of nitrogens with two attached hydrogens (primary N) is 2. The molecule has 1 fully saturated rings. The summed E-state index contributed by atoms with van der Waals surface area (Å²) in [6, 6.07) is 0.523. The van der Waals surface area contributed by atoms with E-state index in [-0.39, 0.29) is 12.1 Å². The lowest BCUT2D eigenvalue weighted by Crippen LogP contribution is -2.45. The van der Waals surface area contributed by atoms with Crippen LogP contribution in [0.25, 0.3) is 0 Å². The van der Waals surface area contributed by atoms with Crippen LogP contribution in [0.15, 0.2) is 0 Å². The number of hydrogen-bond donors (Lipinski definition) is 2. The van der Waals surface area contributed by atoms with Gasteiger partial charge in [0.25, 0.3) is 0 Å². The largest absolute Gasteiger partial charge is 0.326 e. The summed E-state index contributed by atoms with van der Waals surface area (Å²) in [6.45, 7) is 2.24. The van der Waals surface area contributed by atoms with Crippen molar-refractivity contribution < 1.29 is 0 Å². The van der Waals surface area contributed by atoms with Gasteiger partial charge in [-0.3, -0.25) is 0 Å². The summed E-state index contributed by atoms with van der Waals surface area (Å²) >= 11 is 0. The summed E-state index contributed by atoms with van der Waals surface area (Å²) in [5.41, 5.74) is 11.5. The van der Waals surface area contributed by atoms with Crippen molar-refractivity contribution in [3.8, 4) is 0 Å². The highest BCUT2D eigenvalue weighted by Gasteiger charge is 2.21. The average molecular weight is 128 g/mol. The molecule has 0 aromatic carbocycles. The molecule has 1 unspecified atom stereocenters. The number of hydrogen-bond acceptors (Lipinski definition) is 2. The van der Waals surface area contributed by atoms with E-state index < -0.39 is 0 Å². The highest BCUT2D eigenvalue weighted by molar-refractivity contribution is 4.83. The lowest BCUT2D eigenvalue weighted by Gasteiger charge is -2.29. The first-order valence-corrected chi connectivity index (χ1v) is 3.71. The summed E-state index contributed by atoms with van der Waals surface area (Å²) in [5.74, 6) is 0.791. The molecular weight excluding hydrogens is 112 g/mol. The van der Waals surface area contributed by atoms with Crippen LogP contribution in [0.1, 0.15) is 26.2 Å². The molecule has 1 aliphatic rings. The van der Waals surface area contributed by atoms with E-state index in [1.165, 1.54) is 6.42 Å². The van der Waals surface area contributed by atoms with E-state index >= 15 is 0 Å². The lowest BCUT2D eigenvalue weighted by molar-refractivity contribution is 0.307. The van der Waals surface area contributed by atoms with Gasteiger partial charge in [0, 0.05) is 12.1 Å². The Morgan fingerprint density at radius 1 is 1.11 bits per heavy atom. The van der Waals surface area contributed by atoms with Crippen LogP contribution in [0.4, 0.5) is 0 Å². The molecule has 0 aromatic heterocycles. The van der Waals surface area contributed by atoms with E-state index in [0.717, 1.165) is 18.8 Å². The van der Waals surface area contributed by atoms with Crippen molar-refractivity contribution in [3.05, 3.63) is 0 Å². The van der Waals surface area contributed by atoms with Crippen LogP contribution in [-0.4, -0.2) is 12.1 Å². The van der Waals surface area contributed by atoms with Crippen LogP contribution in [-0.2, 0) is 0 Å². The first kappa shape index (κ1) is 7.03. The fourth-order valence-corrected chi connectivity index (χ4v) is 1.45. The van der Waals surface area contributed by atoms with Gasteiger partial charge in [-0.25, -0.2) is 0 Å². The Hall–Kier alpha value is -0.0800. The zero-order valence-corrected chi connectivity index (χ0v) is 6.01. The van der Waals surface area contributed by atoms with Crippen molar-refractivity contribution >= 4 is 0 Å². The van der Waals surface area contributed by atoms with E-state index in [9.17, 15) is 0 Å². The molecular formula is C7H16N2. The maximum Gasteiger partial charge on any atom is 0.0194 e. The van der Waals surface area contributed by atoms with Crippen molar-refractivity contribution in [1.29, 1.82) is 0 Å². The minimum atomic E-state index is 0.258. The van der Waals surface area contributed by atoms with Gasteiger partial charge >= 0.3 is 0 Å². The molecule has 0 aliphatic heterocycles. The summed E-state index contributed by atoms with van der Waals surface area (Å²) in [4.78, 5) is 0. The molecule has 54 valence electrons. The molecule has 1 rings (SSSR count). The molecule has 9 heavy (non-hydrogen) atoms. The molecule has 0 bridgehead atoms. The van der Waals surface area contributed by atoms with Gasteiger partial charge < -0.3 is 11.5 Å². The molecule has 0 spiro atoms. The Kier molecular flexibility index (Phi) is 2.09. The summed E-state index contributed by atoms with van der Waals surface area (Å²) in [6.07, 6.45) is 3.48. The van der Waals surface area contributed by atoms with Crippen LogP contribution < -0.4 is 11.5 Å². The third-order valence-electron chi connectivity index (χ3n) is 2.22. The molecule has 2 nitrogen and oxygen atoms in total. The van der Waals surface area contributed by atoms with E-state index in [1.54, 1.807) is 0 Å². The van der Waals surface area contributed by atoms with E-state index in [2.05, 4.69) is 6.92 Å². The fraction of sp³-hybridized carbons (Fsp3) is 1.00.